The van der Waals surface area contributed by atoms with Crippen molar-refractivity contribution in [3.63, 3.8) is 0 Å². The van der Waals surface area contributed by atoms with Gasteiger partial charge in [-0.25, -0.2) is 4.79 Å². The van der Waals surface area contributed by atoms with E-state index in [0.29, 0.717) is 24.3 Å². The molecule has 2 rings (SSSR count). The highest BCUT2D eigenvalue weighted by Crippen LogP contribution is 2.28. The number of nitrogens with one attached hydrogen (secondary N) is 1. The van der Waals surface area contributed by atoms with Crippen LogP contribution in [-0.4, -0.2) is 30.6 Å². The van der Waals surface area contributed by atoms with Gasteiger partial charge in [0.2, 0.25) is 0 Å². The number of nitrogens with zero attached hydrogens (tertiary/aromatic N) is 2. The zero-order valence-corrected chi connectivity index (χ0v) is 11.0. The maximum atomic E-state index is 12.1. The fraction of sp³-hybridized carbons (Fsp3) is 0.429. The molecule has 1 aliphatic rings. The average molecular weight is 258 g/mol. The molecule has 0 aromatic heterocycles. The van der Waals surface area contributed by atoms with Gasteiger partial charge in [-0.2, -0.15) is 5.26 Å². The Labute approximate surface area is 113 Å². The van der Waals surface area contributed by atoms with Crippen LogP contribution in [0.25, 0.3) is 0 Å². The summed E-state index contributed by atoms with van der Waals surface area (Å²) in [6.45, 7) is 4.11. The molecule has 1 saturated heterocycles. The van der Waals surface area contributed by atoms with E-state index in [1.54, 1.807) is 29.2 Å². The van der Waals surface area contributed by atoms with E-state index in [1.165, 1.54) is 0 Å². The van der Waals surface area contributed by atoms with Gasteiger partial charge in [0, 0.05) is 18.8 Å². The molecule has 1 aromatic rings. The first-order chi connectivity index (χ1) is 9.06. The SMILES string of the molecule is CC1(CN)CCN(C(=O)Nc2ccc(C#N)cc2)C1. The number of anilines is 1. The molecule has 0 spiro atoms. The third-order valence-corrected chi connectivity index (χ3v) is 3.60. The normalized spacial score (nSPS) is 22.1. The number of benzene rings is 1. The first kappa shape index (κ1) is 13.4. The summed E-state index contributed by atoms with van der Waals surface area (Å²) in [4.78, 5) is 13.9. The van der Waals surface area contributed by atoms with Gasteiger partial charge in [-0.3, -0.25) is 0 Å². The van der Waals surface area contributed by atoms with E-state index in [4.69, 9.17) is 11.0 Å². The highest BCUT2D eigenvalue weighted by Gasteiger charge is 2.34. The predicted molar refractivity (Wildman–Crippen MR) is 73.5 cm³/mol. The van der Waals surface area contributed by atoms with Crippen LogP contribution < -0.4 is 11.1 Å². The highest BCUT2D eigenvalue weighted by atomic mass is 16.2. The van der Waals surface area contributed by atoms with E-state index in [9.17, 15) is 4.79 Å². The van der Waals surface area contributed by atoms with Crippen LogP contribution in [0.3, 0.4) is 0 Å². The van der Waals surface area contributed by atoms with Crippen LogP contribution in [0.4, 0.5) is 10.5 Å². The molecular weight excluding hydrogens is 240 g/mol. The van der Waals surface area contributed by atoms with E-state index in [2.05, 4.69) is 12.2 Å². The van der Waals surface area contributed by atoms with Crippen LogP contribution in [0, 0.1) is 16.7 Å². The van der Waals surface area contributed by atoms with Crippen LogP contribution in [0.1, 0.15) is 18.9 Å². The molecule has 19 heavy (non-hydrogen) atoms. The van der Waals surface area contributed by atoms with Crippen molar-refractivity contribution in [2.24, 2.45) is 11.1 Å². The number of carbonyl (C=O) groups is 1. The largest absolute Gasteiger partial charge is 0.330 e. The fourth-order valence-electron chi connectivity index (χ4n) is 2.19. The lowest BCUT2D eigenvalue weighted by Gasteiger charge is -2.22. The Hall–Kier alpha value is -2.06. The molecule has 0 bridgehead atoms. The topological polar surface area (TPSA) is 82.2 Å². The summed E-state index contributed by atoms with van der Waals surface area (Å²) in [6, 6.07) is 8.76. The lowest BCUT2D eigenvalue weighted by Crippen LogP contribution is -2.36. The predicted octanol–water partition coefficient (Wildman–Crippen LogP) is 1.76. The highest BCUT2D eigenvalue weighted by molar-refractivity contribution is 5.89. The van der Waals surface area contributed by atoms with Crippen molar-refractivity contribution in [2.45, 2.75) is 13.3 Å². The van der Waals surface area contributed by atoms with Crippen molar-refractivity contribution in [1.29, 1.82) is 5.26 Å². The van der Waals surface area contributed by atoms with Crippen molar-refractivity contribution in [3.8, 4) is 6.07 Å². The third-order valence-electron chi connectivity index (χ3n) is 3.60. The maximum Gasteiger partial charge on any atom is 0.321 e. The molecule has 0 aliphatic carbocycles. The first-order valence-electron chi connectivity index (χ1n) is 6.32. The summed E-state index contributed by atoms with van der Waals surface area (Å²) in [5.74, 6) is 0. The molecular formula is C14H18N4O. The van der Waals surface area contributed by atoms with Crippen LogP contribution >= 0.6 is 0 Å². The van der Waals surface area contributed by atoms with Gasteiger partial charge in [-0.15, -0.1) is 0 Å². The van der Waals surface area contributed by atoms with Gasteiger partial charge in [-0.1, -0.05) is 6.92 Å². The summed E-state index contributed by atoms with van der Waals surface area (Å²) in [7, 11) is 0. The molecule has 5 heteroatoms. The van der Waals surface area contributed by atoms with Gasteiger partial charge in [0.1, 0.15) is 0 Å². The Kier molecular flexibility index (Phi) is 3.72. The molecule has 5 nitrogen and oxygen atoms in total. The molecule has 1 unspecified atom stereocenters. The van der Waals surface area contributed by atoms with Gasteiger partial charge in [-0.05, 0) is 42.6 Å². The molecule has 0 radical (unpaired) electrons. The fourth-order valence-corrected chi connectivity index (χ4v) is 2.19. The Bertz CT molecular complexity index is 505. The summed E-state index contributed by atoms with van der Waals surface area (Å²) >= 11 is 0. The second-order valence-corrected chi connectivity index (χ2v) is 5.31. The number of carbonyl (C=O) groups excluding carboxylic acids is 1. The Morgan fingerprint density at radius 3 is 2.74 bits per heavy atom. The zero-order chi connectivity index (χ0) is 13.9. The van der Waals surface area contributed by atoms with Gasteiger partial charge < -0.3 is 16.0 Å². The van der Waals surface area contributed by atoms with Crippen LogP contribution in [0.5, 0.6) is 0 Å². The Morgan fingerprint density at radius 2 is 2.21 bits per heavy atom. The molecule has 1 heterocycles. The minimum absolute atomic E-state index is 0.0298. The summed E-state index contributed by atoms with van der Waals surface area (Å²) < 4.78 is 0. The second kappa shape index (κ2) is 5.29. The monoisotopic (exact) mass is 258 g/mol. The Balaban J connectivity index is 1.96. The quantitative estimate of drug-likeness (QED) is 0.848. The van der Waals surface area contributed by atoms with Gasteiger partial charge >= 0.3 is 6.03 Å². The lowest BCUT2D eigenvalue weighted by atomic mass is 9.90. The number of likely N-dealkylation sites (tertiary alicyclic amines) is 1. The van der Waals surface area contributed by atoms with Crippen molar-refractivity contribution in [3.05, 3.63) is 29.8 Å². The van der Waals surface area contributed by atoms with Crippen molar-refractivity contribution in [2.75, 3.05) is 25.0 Å². The van der Waals surface area contributed by atoms with Gasteiger partial charge in [0.05, 0.1) is 11.6 Å². The maximum absolute atomic E-state index is 12.1. The summed E-state index contributed by atoms with van der Waals surface area (Å²) in [5, 5.41) is 11.5. The Morgan fingerprint density at radius 1 is 1.53 bits per heavy atom. The minimum atomic E-state index is -0.109. The van der Waals surface area contributed by atoms with Gasteiger partial charge in [0.25, 0.3) is 0 Å². The third kappa shape index (κ3) is 3.04. The number of hydrogen-bond donors (Lipinski definition) is 2. The molecule has 3 N–H and O–H groups in total. The lowest BCUT2D eigenvalue weighted by molar-refractivity contribution is 0.216. The number of nitriles is 1. The number of hydrogen-bond acceptors (Lipinski definition) is 3. The average Bonchev–Trinajstić information content (AvgIpc) is 2.83. The van der Waals surface area contributed by atoms with Crippen molar-refractivity contribution in [1.82, 2.24) is 4.90 Å². The zero-order valence-electron chi connectivity index (χ0n) is 11.0. The van der Waals surface area contributed by atoms with E-state index in [-0.39, 0.29) is 11.4 Å². The summed E-state index contributed by atoms with van der Waals surface area (Å²) in [6.07, 6.45) is 0.935. The molecule has 1 fully saturated rings. The van der Waals surface area contributed by atoms with Crippen LogP contribution in [0.15, 0.2) is 24.3 Å². The van der Waals surface area contributed by atoms with Crippen molar-refractivity contribution < 1.29 is 4.79 Å². The molecule has 1 atom stereocenters. The molecule has 1 aliphatic heterocycles. The van der Waals surface area contributed by atoms with E-state index < -0.39 is 0 Å². The van der Waals surface area contributed by atoms with E-state index >= 15 is 0 Å². The molecule has 100 valence electrons. The van der Waals surface area contributed by atoms with Gasteiger partial charge in [0.15, 0.2) is 0 Å². The standard InChI is InChI=1S/C14H18N4O/c1-14(9-16)6-7-18(10-14)13(19)17-12-4-2-11(8-15)3-5-12/h2-5H,6-7,9-10,16H2,1H3,(H,17,19). The first-order valence-corrected chi connectivity index (χ1v) is 6.32. The van der Waals surface area contributed by atoms with Crippen LogP contribution in [0.2, 0.25) is 0 Å². The minimum Gasteiger partial charge on any atom is -0.330 e. The second-order valence-electron chi connectivity index (χ2n) is 5.31. The number of nitrogens with two attached hydrogens (primary N) is 1. The molecule has 2 amide bonds. The number of rotatable bonds is 2. The van der Waals surface area contributed by atoms with E-state index in [1.807, 2.05) is 6.07 Å². The smallest absolute Gasteiger partial charge is 0.321 e. The summed E-state index contributed by atoms with van der Waals surface area (Å²) in [5.41, 5.74) is 7.03. The number of amides is 2. The molecule has 1 aromatic carbocycles. The van der Waals surface area contributed by atoms with Crippen LogP contribution in [-0.2, 0) is 0 Å². The van der Waals surface area contributed by atoms with Crippen molar-refractivity contribution >= 4 is 11.7 Å². The van der Waals surface area contributed by atoms with E-state index in [0.717, 1.165) is 13.0 Å². The number of urea groups is 1. The molecule has 0 saturated carbocycles.